The fourth-order valence-electron chi connectivity index (χ4n) is 2.07. The highest BCUT2D eigenvalue weighted by Crippen LogP contribution is 2.33. The molecular weight excluding hydrogens is 399 g/mol. The van der Waals surface area contributed by atoms with Crippen LogP contribution in [0.5, 0.6) is 17.4 Å². The molecule has 3 aromatic rings. The molecule has 0 saturated heterocycles. The predicted octanol–water partition coefficient (Wildman–Crippen LogP) is 5.76. The van der Waals surface area contributed by atoms with Gasteiger partial charge in [-0.25, -0.2) is 4.79 Å². The molecule has 0 aliphatic heterocycles. The molecular formula is C18H11Cl3N2O3. The highest BCUT2D eigenvalue weighted by Gasteiger charge is 2.19. The summed E-state index contributed by atoms with van der Waals surface area (Å²) in [5, 5.41) is 8.21. The van der Waals surface area contributed by atoms with Gasteiger partial charge in [-0.3, -0.25) is 0 Å². The third-order valence-electron chi connectivity index (χ3n) is 3.35. The number of benzene rings is 2. The van der Waals surface area contributed by atoms with Gasteiger partial charge in [0.15, 0.2) is 10.9 Å². The highest BCUT2D eigenvalue weighted by molar-refractivity contribution is 6.36. The highest BCUT2D eigenvalue weighted by atomic mass is 35.5. The van der Waals surface area contributed by atoms with Gasteiger partial charge in [-0.05, 0) is 36.8 Å². The molecule has 0 spiro atoms. The second-order valence-corrected chi connectivity index (χ2v) is 6.45. The van der Waals surface area contributed by atoms with E-state index in [2.05, 4.69) is 10.2 Å². The van der Waals surface area contributed by atoms with E-state index in [-0.39, 0.29) is 27.4 Å². The van der Waals surface area contributed by atoms with Crippen LogP contribution in [0.3, 0.4) is 0 Å². The van der Waals surface area contributed by atoms with Crippen molar-refractivity contribution < 1.29 is 14.3 Å². The van der Waals surface area contributed by atoms with E-state index in [4.69, 9.17) is 44.3 Å². The average Bonchev–Trinajstić information content (AvgIpc) is 2.59. The van der Waals surface area contributed by atoms with Crippen molar-refractivity contribution in [2.75, 3.05) is 0 Å². The summed E-state index contributed by atoms with van der Waals surface area (Å²) in [6.45, 7) is 1.87. The van der Waals surface area contributed by atoms with Crippen LogP contribution in [-0.4, -0.2) is 16.2 Å². The molecule has 3 rings (SSSR count). The molecule has 0 radical (unpaired) electrons. The van der Waals surface area contributed by atoms with Crippen molar-refractivity contribution >= 4 is 40.8 Å². The molecule has 0 fully saturated rings. The Hall–Kier alpha value is -2.34. The molecule has 2 aromatic carbocycles. The number of aromatic nitrogens is 2. The number of nitrogens with zero attached hydrogens (tertiary/aromatic N) is 2. The summed E-state index contributed by atoms with van der Waals surface area (Å²) in [5.74, 6) is -0.136. The van der Waals surface area contributed by atoms with Crippen LogP contribution < -0.4 is 9.47 Å². The molecule has 0 unspecified atom stereocenters. The minimum atomic E-state index is -0.703. The SMILES string of the molecule is Cc1ccccc1Oc1nnc(Cl)cc1OC(=O)c1ccc(Cl)cc1Cl. The number of aryl methyl sites for hydroxylation is 1. The topological polar surface area (TPSA) is 61.3 Å². The molecule has 0 atom stereocenters. The summed E-state index contributed by atoms with van der Waals surface area (Å²) < 4.78 is 11.1. The van der Waals surface area contributed by atoms with Gasteiger partial charge in [-0.2, -0.15) is 0 Å². The summed E-state index contributed by atoms with van der Waals surface area (Å²) in [7, 11) is 0. The minimum Gasteiger partial charge on any atom is -0.435 e. The Labute approximate surface area is 164 Å². The zero-order chi connectivity index (χ0) is 18.7. The maximum Gasteiger partial charge on any atom is 0.345 e. The largest absolute Gasteiger partial charge is 0.435 e. The van der Waals surface area contributed by atoms with Gasteiger partial charge in [0.05, 0.1) is 10.6 Å². The van der Waals surface area contributed by atoms with Crippen LogP contribution in [0.4, 0.5) is 0 Å². The van der Waals surface area contributed by atoms with E-state index in [9.17, 15) is 4.79 Å². The molecule has 5 nitrogen and oxygen atoms in total. The van der Waals surface area contributed by atoms with Gasteiger partial charge in [0.2, 0.25) is 0 Å². The van der Waals surface area contributed by atoms with E-state index in [0.29, 0.717) is 10.8 Å². The Morgan fingerprint density at radius 1 is 0.962 bits per heavy atom. The average molecular weight is 410 g/mol. The Morgan fingerprint density at radius 3 is 2.46 bits per heavy atom. The van der Waals surface area contributed by atoms with Crippen LogP contribution in [0, 0.1) is 6.92 Å². The Kier molecular flexibility index (Phi) is 5.61. The summed E-state index contributed by atoms with van der Waals surface area (Å²) >= 11 is 17.8. The Bertz CT molecular complexity index is 980. The summed E-state index contributed by atoms with van der Waals surface area (Å²) in [6.07, 6.45) is 0. The van der Waals surface area contributed by atoms with Gasteiger partial charge in [0.25, 0.3) is 5.88 Å². The Balaban J connectivity index is 1.91. The van der Waals surface area contributed by atoms with Crippen molar-refractivity contribution in [2.45, 2.75) is 6.92 Å². The molecule has 0 bridgehead atoms. The normalized spacial score (nSPS) is 10.5. The van der Waals surface area contributed by atoms with Crippen LogP contribution >= 0.6 is 34.8 Å². The minimum absolute atomic E-state index is 0.00198. The lowest BCUT2D eigenvalue weighted by Gasteiger charge is -2.12. The maximum atomic E-state index is 12.4. The zero-order valence-electron chi connectivity index (χ0n) is 13.4. The lowest BCUT2D eigenvalue weighted by atomic mass is 10.2. The van der Waals surface area contributed by atoms with Crippen LogP contribution in [0.25, 0.3) is 0 Å². The van der Waals surface area contributed by atoms with Gasteiger partial charge >= 0.3 is 5.97 Å². The molecule has 0 amide bonds. The smallest absolute Gasteiger partial charge is 0.345 e. The van der Waals surface area contributed by atoms with E-state index in [1.807, 2.05) is 25.1 Å². The van der Waals surface area contributed by atoms with Gasteiger partial charge < -0.3 is 9.47 Å². The van der Waals surface area contributed by atoms with Crippen molar-refractivity contribution in [1.82, 2.24) is 10.2 Å². The lowest BCUT2D eigenvalue weighted by Crippen LogP contribution is -2.10. The summed E-state index contributed by atoms with van der Waals surface area (Å²) in [5.41, 5.74) is 1.02. The van der Waals surface area contributed by atoms with E-state index in [1.165, 1.54) is 24.3 Å². The van der Waals surface area contributed by atoms with Crippen molar-refractivity contribution in [1.29, 1.82) is 0 Å². The molecule has 8 heteroatoms. The van der Waals surface area contributed by atoms with Crippen molar-refractivity contribution in [3.8, 4) is 17.4 Å². The fourth-order valence-corrected chi connectivity index (χ4v) is 2.69. The zero-order valence-corrected chi connectivity index (χ0v) is 15.6. The van der Waals surface area contributed by atoms with E-state index < -0.39 is 5.97 Å². The molecule has 0 N–H and O–H groups in total. The van der Waals surface area contributed by atoms with Crippen LogP contribution in [-0.2, 0) is 0 Å². The molecule has 1 heterocycles. The summed E-state index contributed by atoms with van der Waals surface area (Å²) in [6, 6.07) is 13.1. The van der Waals surface area contributed by atoms with Gasteiger partial charge in [-0.15, -0.1) is 10.2 Å². The second kappa shape index (κ2) is 7.91. The monoisotopic (exact) mass is 408 g/mol. The third-order valence-corrected chi connectivity index (χ3v) is 4.08. The van der Waals surface area contributed by atoms with Gasteiger partial charge in [0, 0.05) is 11.1 Å². The number of halogens is 3. The Morgan fingerprint density at radius 2 is 1.73 bits per heavy atom. The van der Waals surface area contributed by atoms with Gasteiger partial charge in [-0.1, -0.05) is 53.0 Å². The van der Waals surface area contributed by atoms with Crippen molar-refractivity contribution in [2.24, 2.45) is 0 Å². The maximum absolute atomic E-state index is 12.4. The fraction of sp³-hybridized carbons (Fsp3) is 0.0556. The first-order valence-corrected chi connectivity index (χ1v) is 8.51. The molecule has 0 aliphatic rings. The van der Waals surface area contributed by atoms with Crippen LogP contribution in [0.2, 0.25) is 15.2 Å². The number of esters is 1. The van der Waals surface area contributed by atoms with Crippen LogP contribution in [0.1, 0.15) is 15.9 Å². The van der Waals surface area contributed by atoms with Crippen LogP contribution in [0.15, 0.2) is 48.5 Å². The second-order valence-electron chi connectivity index (χ2n) is 5.22. The molecule has 0 aliphatic carbocycles. The number of hydrogen-bond acceptors (Lipinski definition) is 5. The molecule has 1 aromatic heterocycles. The number of ether oxygens (including phenoxy) is 2. The molecule has 132 valence electrons. The predicted molar refractivity (Wildman–Crippen MR) is 99.7 cm³/mol. The number of para-hydroxylation sites is 1. The number of hydrogen-bond donors (Lipinski definition) is 0. The van der Waals surface area contributed by atoms with Gasteiger partial charge in [0.1, 0.15) is 5.75 Å². The first kappa shape index (κ1) is 18.5. The number of rotatable bonds is 4. The van der Waals surface area contributed by atoms with Crippen molar-refractivity contribution in [3.05, 3.63) is 74.9 Å². The molecule has 0 saturated carbocycles. The third kappa shape index (κ3) is 4.25. The standard InChI is InChI=1S/C18H11Cl3N2O3/c1-10-4-2-3-5-14(10)25-17-15(9-16(21)22-23-17)26-18(24)12-7-6-11(19)8-13(12)20/h2-9H,1H3. The van der Waals surface area contributed by atoms with E-state index in [1.54, 1.807) is 6.07 Å². The van der Waals surface area contributed by atoms with E-state index >= 15 is 0 Å². The van der Waals surface area contributed by atoms with E-state index in [0.717, 1.165) is 5.56 Å². The quantitative estimate of drug-likeness (QED) is 0.513. The first-order chi connectivity index (χ1) is 12.4. The molecule has 26 heavy (non-hydrogen) atoms. The number of carbonyl (C=O) groups excluding carboxylic acids is 1. The first-order valence-electron chi connectivity index (χ1n) is 7.38. The lowest BCUT2D eigenvalue weighted by molar-refractivity contribution is 0.0729. The van der Waals surface area contributed by atoms with Crippen molar-refractivity contribution in [3.63, 3.8) is 0 Å². The summed E-state index contributed by atoms with van der Waals surface area (Å²) in [4.78, 5) is 12.4. The number of carbonyl (C=O) groups is 1.